The molecule has 1 nitrogen and oxygen atoms in total. The van der Waals surface area contributed by atoms with E-state index in [9.17, 15) is 0 Å². The zero-order chi connectivity index (χ0) is 9.26. The zero-order valence-electron chi connectivity index (χ0n) is 7.84. The van der Waals surface area contributed by atoms with E-state index in [1.807, 2.05) is 6.07 Å². The van der Waals surface area contributed by atoms with Crippen LogP contribution in [-0.2, 0) is 12.8 Å². The number of rotatable bonds is 1. The number of hydrogen-bond donors (Lipinski definition) is 1. The summed E-state index contributed by atoms with van der Waals surface area (Å²) in [4.78, 5) is 1.04. The van der Waals surface area contributed by atoms with Crippen LogP contribution in [0.5, 0.6) is 5.75 Å². The van der Waals surface area contributed by atoms with E-state index in [-0.39, 0.29) is 0 Å². The maximum atomic E-state index is 5.23. The lowest BCUT2D eigenvalue weighted by Crippen LogP contribution is -2.04. The fourth-order valence-corrected chi connectivity index (χ4v) is 2.37. The molecule has 0 spiro atoms. The van der Waals surface area contributed by atoms with Crippen LogP contribution in [0.3, 0.4) is 0 Å². The summed E-state index contributed by atoms with van der Waals surface area (Å²) in [5, 5.41) is 0. The van der Waals surface area contributed by atoms with Gasteiger partial charge in [-0.2, -0.15) is 0 Å². The lowest BCUT2D eigenvalue weighted by Gasteiger charge is -2.18. The molecule has 0 atom stereocenters. The van der Waals surface area contributed by atoms with Crippen LogP contribution < -0.4 is 4.74 Å². The van der Waals surface area contributed by atoms with Crippen LogP contribution in [0, 0.1) is 0 Å². The van der Waals surface area contributed by atoms with Gasteiger partial charge in [0, 0.05) is 4.90 Å². The molecule has 0 radical (unpaired) electrons. The summed E-state index contributed by atoms with van der Waals surface area (Å²) < 4.78 is 5.23. The molecule has 1 aromatic carbocycles. The van der Waals surface area contributed by atoms with Gasteiger partial charge in [0.15, 0.2) is 0 Å². The summed E-state index contributed by atoms with van der Waals surface area (Å²) in [5.41, 5.74) is 2.85. The lowest BCUT2D eigenvalue weighted by molar-refractivity contribution is 0.403. The molecular weight excluding hydrogens is 180 g/mol. The first-order valence-corrected chi connectivity index (χ1v) is 5.15. The van der Waals surface area contributed by atoms with Gasteiger partial charge < -0.3 is 4.74 Å². The van der Waals surface area contributed by atoms with E-state index in [0.717, 1.165) is 17.1 Å². The van der Waals surface area contributed by atoms with Crippen LogP contribution in [0.2, 0.25) is 0 Å². The number of benzene rings is 1. The molecule has 0 N–H and O–H groups in total. The minimum Gasteiger partial charge on any atom is -0.496 e. The third kappa shape index (κ3) is 1.55. The van der Waals surface area contributed by atoms with Gasteiger partial charge in [0.05, 0.1) is 7.11 Å². The topological polar surface area (TPSA) is 9.23 Å². The molecule has 0 saturated carbocycles. The second-order valence-corrected chi connectivity index (χ2v) is 3.91. The number of methoxy groups -OCH3 is 1. The summed E-state index contributed by atoms with van der Waals surface area (Å²) >= 11 is 4.50. The van der Waals surface area contributed by atoms with Gasteiger partial charge in [-0.1, -0.05) is 6.07 Å². The summed E-state index contributed by atoms with van der Waals surface area (Å²) in [6.07, 6.45) is 4.96. The van der Waals surface area contributed by atoms with Gasteiger partial charge in [-0.05, 0) is 42.9 Å². The van der Waals surface area contributed by atoms with Gasteiger partial charge in [-0.25, -0.2) is 0 Å². The quantitative estimate of drug-likeness (QED) is 0.676. The van der Waals surface area contributed by atoms with Gasteiger partial charge in [-0.15, -0.1) is 12.6 Å². The fourth-order valence-electron chi connectivity index (χ4n) is 1.95. The van der Waals surface area contributed by atoms with E-state index in [2.05, 4.69) is 18.7 Å². The highest BCUT2D eigenvalue weighted by Crippen LogP contribution is 2.33. The molecule has 13 heavy (non-hydrogen) atoms. The van der Waals surface area contributed by atoms with E-state index in [1.54, 1.807) is 7.11 Å². The largest absolute Gasteiger partial charge is 0.496 e. The average Bonchev–Trinajstić information content (AvgIpc) is 2.19. The van der Waals surface area contributed by atoms with Crippen molar-refractivity contribution in [2.45, 2.75) is 30.6 Å². The molecule has 0 aliphatic heterocycles. The molecule has 0 saturated heterocycles. The second-order valence-electron chi connectivity index (χ2n) is 3.46. The Balaban J connectivity index is 2.48. The van der Waals surface area contributed by atoms with Crippen LogP contribution >= 0.6 is 12.6 Å². The van der Waals surface area contributed by atoms with Crippen molar-refractivity contribution in [2.75, 3.05) is 7.11 Å². The van der Waals surface area contributed by atoms with Crippen molar-refractivity contribution in [2.24, 2.45) is 0 Å². The second kappa shape index (κ2) is 3.62. The van der Waals surface area contributed by atoms with Gasteiger partial charge >= 0.3 is 0 Å². The van der Waals surface area contributed by atoms with Crippen LogP contribution in [0.4, 0.5) is 0 Å². The summed E-state index contributed by atoms with van der Waals surface area (Å²) in [5.74, 6) is 0.906. The van der Waals surface area contributed by atoms with E-state index >= 15 is 0 Å². The molecule has 2 heteroatoms. The predicted octanol–water partition coefficient (Wildman–Crippen LogP) is 2.86. The number of thiol groups is 1. The van der Waals surface area contributed by atoms with E-state index in [4.69, 9.17) is 4.74 Å². The number of ether oxygens (including phenoxy) is 1. The van der Waals surface area contributed by atoms with E-state index < -0.39 is 0 Å². The third-order valence-electron chi connectivity index (χ3n) is 2.69. The maximum Gasteiger partial charge on any atom is 0.132 e. The Morgan fingerprint density at radius 3 is 2.77 bits per heavy atom. The zero-order valence-corrected chi connectivity index (χ0v) is 8.73. The Morgan fingerprint density at radius 1 is 1.23 bits per heavy atom. The first kappa shape index (κ1) is 8.95. The highest BCUT2D eigenvalue weighted by Gasteiger charge is 2.14. The van der Waals surface area contributed by atoms with Crippen molar-refractivity contribution in [3.05, 3.63) is 23.3 Å². The smallest absolute Gasteiger partial charge is 0.132 e. The number of hydrogen-bond acceptors (Lipinski definition) is 2. The molecule has 1 aromatic rings. The summed E-state index contributed by atoms with van der Waals surface area (Å²) in [6.45, 7) is 0. The molecule has 0 fully saturated rings. The van der Waals surface area contributed by atoms with Gasteiger partial charge in [0.2, 0.25) is 0 Å². The Labute approximate surface area is 84.5 Å². The van der Waals surface area contributed by atoms with Crippen molar-refractivity contribution >= 4 is 12.6 Å². The van der Waals surface area contributed by atoms with Crippen LogP contribution in [-0.4, -0.2) is 7.11 Å². The Bertz CT molecular complexity index is 320. The maximum absolute atomic E-state index is 5.23. The third-order valence-corrected chi connectivity index (χ3v) is 3.18. The van der Waals surface area contributed by atoms with Crippen LogP contribution in [0.1, 0.15) is 24.0 Å². The normalized spacial score (nSPS) is 15.2. The number of aryl methyl sites for hydroxylation is 1. The van der Waals surface area contributed by atoms with Crippen LogP contribution in [0.25, 0.3) is 0 Å². The molecule has 0 aromatic heterocycles. The molecule has 2 rings (SSSR count). The first-order chi connectivity index (χ1) is 6.33. The van der Waals surface area contributed by atoms with Crippen molar-refractivity contribution in [3.8, 4) is 5.75 Å². The molecule has 0 unspecified atom stereocenters. The Kier molecular flexibility index (Phi) is 2.49. The fraction of sp³-hybridized carbons (Fsp3) is 0.455. The minimum absolute atomic E-state index is 0.906. The lowest BCUT2D eigenvalue weighted by atomic mass is 9.91. The summed E-state index contributed by atoms with van der Waals surface area (Å²) in [6, 6.07) is 4.19. The molecule has 0 bridgehead atoms. The van der Waals surface area contributed by atoms with Gasteiger partial charge in [0.1, 0.15) is 5.75 Å². The highest BCUT2D eigenvalue weighted by atomic mass is 32.1. The molecule has 1 aliphatic carbocycles. The monoisotopic (exact) mass is 194 g/mol. The van der Waals surface area contributed by atoms with Crippen LogP contribution in [0.15, 0.2) is 17.0 Å². The highest BCUT2D eigenvalue weighted by molar-refractivity contribution is 7.80. The average molecular weight is 194 g/mol. The Hall–Kier alpha value is -0.630. The number of fused-ring (bicyclic) bond motifs is 1. The standard InChI is InChI=1S/C11H14OS/c1-12-10-7-6-8-4-2-3-5-9(8)11(10)13/h6-7,13H,2-5H2,1H3. The summed E-state index contributed by atoms with van der Waals surface area (Å²) in [7, 11) is 1.70. The molecule has 0 heterocycles. The molecule has 0 amide bonds. The SMILES string of the molecule is COc1ccc2c(c1S)CCCC2. The van der Waals surface area contributed by atoms with Crippen molar-refractivity contribution in [1.82, 2.24) is 0 Å². The predicted molar refractivity (Wildman–Crippen MR) is 56.9 cm³/mol. The molecule has 1 aliphatic rings. The first-order valence-electron chi connectivity index (χ1n) is 4.70. The molecule has 70 valence electrons. The minimum atomic E-state index is 0.906. The van der Waals surface area contributed by atoms with Gasteiger partial charge in [-0.3, -0.25) is 0 Å². The van der Waals surface area contributed by atoms with Crippen molar-refractivity contribution < 1.29 is 4.74 Å². The van der Waals surface area contributed by atoms with Crippen molar-refractivity contribution in [3.63, 3.8) is 0 Å². The van der Waals surface area contributed by atoms with Crippen molar-refractivity contribution in [1.29, 1.82) is 0 Å². The Morgan fingerprint density at radius 2 is 2.00 bits per heavy atom. The van der Waals surface area contributed by atoms with Gasteiger partial charge in [0.25, 0.3) is 0 Å². The van der Waals surface area contributed by atoms with E-state index in [0.29, 0.717) is 0 Å². The molecular formula is C11H14OS. The van der Waals surface area contributed by atoms with E-state index in [1.165, 1.54) is 30.4 Å².